The molecule has 1 unspecified atom stereocenters. The minimum atomic E-state index is -0.207. The zero-order chi connectivity index (χ0) is 13.7. The zero-order valence-corrected chi connectivity index (χ0v) is 12.2. The van der Waals surface area contributed by atoms with Crippen molar-refractivity contribution in [2.45, 2.75) is 69.9 Å². The molecular weight excluding hydrogens is 240 g/mol. The quantitative estimate of drug-likeness (QED) is 0.815. The zero-order valence-electron chi connectivity index (χ0n) is 12.2. The fourth-order valence-electron chi connectivity index (χ4n) is 3.49. The number of nitrogens with one attached hydrogen (secondary N) is 1. The number of rotatable bonds is 4. The second kappa shape index (κ2) is 6.71. The lowest BCUT2D eigenvalue weighted by atomic mass is 9.97. The Kier molecular flexibility index (Phi) is 5.22. The van der Waals surface area contributed by atoms with Crippen molar-refractivity contribution in [1.82, 2.24) is 10.2 Å². The molecule has 110 valence electrons. The van der Waals surface area contributed by atoms with E-state index in [0.717, 1.165) is 51.6 Å². The largest absolute Gasteiger partial charge is 0.394 e. The van der Waals surface area contributed by atoms with Crippen LogP contribution in [0.4, 0.5) is 0 Å². The van der Waals surface area contributed by atoms with Crippen molar-refractivity contribution in [3.8, 4) is 0 Å². The van der Waals surface area contributed by atoms with Crippen LogP contribution in [0.2, 0.25) is 0 Å². The molecule has 4 nitrogen and oxygen atoms in total. The van der Waals surface area contributed by atoms with Gasteiger partial charge in [0.25, 0.3) is 0 Å². The Hall–Kier alpha value is -0.610. The molecule has 0 spiro atoms. The summed E-state index contributed by atoms with van der Waals surface area (Å²) in [5.74, 6) is 0.210. The first-order chi connectivity index (χ1) is 9.17. The van der Waals surface area contributed by atoms with Gasteiger partial charge in [-0.25, -0.2) is 0 Å². The Labute approximate surface area is 116 Å². The summed E-state index contributed by atoms with van der Waals surface area (Å²) >= 11 is 0. The molecule has 2 N–H and O–H groups in total. The van der Waals surface area contributed by atoms with Crippen LogP contribution in [0.1, 0.15) is 58.3 Å². The van der Waals surface area contributed by atoms with Crippen LogP contribution < -0.4 is 5.32 Å². The van der Waals surface area contributed by atoms with Crippen LogP contribution >= 0.6 is 0 Å². The molecular formula is C15H28N2O2. The van der Waals surface area contributed by atoms with E-state index in [-0.39, 0.29) is 24.1 Å². The average molecular weight is 268 g/mol. The third kappa shape index (κ3) is 3.69. The molecule has 0 aromatic rings. The summed E-state index contributed by atoms with van der Waals surface area (Å²) in [4.78, 5) is 14.5. The maximum absolute atomic E-state index is 12.5. The van der Waals surface area contributed by atoms with Crippen molar-refractivity contribution in [2.75, 3.05) is 19.7 Å². The number of hydrogen-bond donors (Lipinski definition) is 2. The van der Waals surface area contributed by atoms with E-state index in [1.54, 1.807) is 0 Å². The molecule has 1 atom stereocenters. The van der Waals surface area contributed by atoms with Gasteiger partial charge in [0.15, 0.2) is 0 Å². The van der Waals surface area contributed by atoms with E-state index >= 15 is 0 Å². The van der Waals surface area contributed by atoms with E-state index < -0.39 is 0 Å². The summed E-state index contributed by atoms with van der Waals surface area (Å²) in [6, 6.07) is -0.177. The number of likely N-dealkylation sites (tertiary alicyclic amines) is 1. The number of aliphatic hydroxyl groups excluding tert-OH is 1. The number of aliphatic hydroxyl groups is 1. The van der Waals surface area contributed by atoms with Crippen LogP contribution in [-0.4, -0.2) is 47.2 Å². The number of amides is 1. The molecule has 1 saturated heterocycles. The Bertz CT molecular complexity index is 293. The topological polar surface area (TPSA) is 52.6 Å². The van der Waals surface area contributed by atoms with Gasteiger partial charge in [-0.15, -0.1) is 0 Å². The van der Waals surface area contributed by atoms with E-state index in [1.165, 1.54) is 12.8 Å². The summed E-state index contributed by atoms with van der Waals surface area (Å²) in [7, 11) is 0. The lowest BCUT2D eigenvalue weighted by molar-refractivity contribution is -0.133. The van der Waals surface area contributed by atoms with Crippen molar-refractivity contribution in [3.05, 3.63) is 0 Å². The van der Waals surface area contributed by atoms with Crippen molar-refractivity contribution < 1.29 is 9.90 Å². The second-order valence-electron chi connectivity index (χ2n) is 6.25. The van der Waals surface area contributed by atoms with Gasteiger partial charge in [0, 0.05) is 18.6 Å². The monoisotopic (exact) mass is 268 g/mol. The molecule has 0 aromatic carbocycles. The van der Waals surface area contributed by atoms with E-state index in [1.807, 2.05) is 11.8 Å². The highest BCUT2D eigenvalue weighted by molar-refractivity contribution is 5.81. The molecule has 1 aliphatic carbocycles. The highest BCUT2D eigenvalue weighted by Gasteiger charge is 2.36. The first kappa shape index (κ1) is 14.8. The first-order valence-electron chi connectivity index (χ1n) is 7.84. The third-order valence-electron chi connectivity index (χ3n) is 4.67. The van der Waals surface area contributed by atoms with Gasteiger partial charge in [-0.1, -0.05) is 25.7 Å². The molecule has 1 heterocycles. The molecule has 0 aromatic heterocycles. The van der Waals surface area contributed by atoms with E-state index in [9.17, 15) is 9.90 Å². The summed E-state index contributed by atoms with van der Waals surface area (Å²) in [5, 5.41) is 13.0. The lowest BCUT2D eigenvalue weighted by Gasteiger charge is -2.33. The number of carbonyl (C=O) groups is 1. The smallest absolute Gasteiger partial charge is 0.239 e. The maximum Gasteiger partial charge on any atom is 0.239 e. The van der Waals surface area contributed by atoms with Crippen molar-refractivity contribution in [2.24, 2.45) is 0 Å². The summed E-state index contributed by atoms with van der Waals surface area (Å²) < 4.78 is 0. The van der Waals surface area contributed by atoms with Crippen molar-refractivity contribution in [3.63, 3.8) is 0 Å². The molecule has 4 heteroatoms. The highest BCUT2D eigenvalue weighted by Crippen LogP contribution is 2.29. The molecule has 19 heavy (non-hydrogen) atoms. The van der Waals surface area contributed by atoms with Crippen molar-refractivity contribution >= 4 is 5.91 Å². The van der Waals surface area contributed by atoms with Gasteiger partial charge >= 0.3 is 0 Å². The molecule has 1 aliphatic heterocycles. The van der Waals surface area contributed by atoms with Gasteiger partial charge in [0.1, 0.15) is 0 Å². The van der Waals surface area contributed by atoms with E-state index in [0.29, 0.717) is 0 Å². The Morgan fingerprint density at radius 2 is 1.74 bits per heavy atom. The van der Waals surface area contributed by atoms with Gasteiger partial charge in [-0.2, -0.15) is 0 Å². The number of carbonyl (C=O) groups excluding carboxylic acids is 1. The first-order valence-corrected chi connectivity index (χ1v) is 7.84. The molecule has 0 radical (unpaired) electrons. The van der Waals surface area contributed by atoms with Gasteiger partial charge in [0.2, 0.25) is 5.91 Å². The van der Waals surface area contributed by atoms with Gasteiger partial charge in [-0.05, 0) is 32.6 Å². The molecule has 2 fully saturated rings. The summed E-state index contributed by atoms with van der Waals surface area (Å²) in [6.07, 6.45) is 9.02. The predicted molar refractivity (Wildman–Crippen MR) is 75.9 cm³/mol. The molecule has 2 aliphatic rings. The fraction of sp³-hybridized carbons (Fsp3) is 0.933. The van der Waals surface area contributed by atoms with Crippen LogP contribution in [0.15, 0.2) is 0 Å². The Balaban J connectivity index is 1.90. The van der Waals surface area contributed by atoms with Crippen LogP contribution in [-0.2, 0) is 4.79 Å². The van der Waals surface area contributed by atoms with Crippen molar-refractivity contribution in [1.29, 1.82) is 0 Å². The summed E-state index contributed by atoms with van der Waals surface area (Å²) in [5.41, 5.74) is -0.207. The van der Waals surface area contributed by atoms with E-state index in [2.05, 4.69) is 5.32 Å². The molecule has 0 bridgehead atoms. The minimum absolute atomic E-state index is 0.143. The van der Waals surface area contributed by atoms with Gasteiger partial charge in [0.05, 0.1) is 12.6 Å². The fourth-order valence-corrected chi connectivity index (χ4v) is 3.49. The maximum atomic E-state index is 12.5. The number of nitrogens with zero attached hydrogens (tertiary/aromatic N) is 1. The van der Waals surface area contributed by atoms with Gasteiger partial charge in [-0.3, -0.25) is 10.1 Å². The highest BCUT2D eigenvalue weighted by atomic mass is 16.3. The van der Waals surface area contributed by atoms with Crippen LogP contribution in [0.3, 0.4) is 0 Å². The molecule has 2 rings (SSSR count). The normalized spacial score (nSPS) is 25.1. The van der Waals surface area contributed by atoms with Crippen LogP contribution in [0.25, 0.3) is 0 Å². The van der Waals surface area contributed by atoms with Crippen LogP contribution in [0.5, 0.6) is 0 Å². The predicted octanol–water partition coefficient (Wildman–Crippen LogP) is 1.67. The Morgan fingerprint density at radius 1 is 1.16 bits per heavy atom. The minimum Gasteiger partial charge on any atom is -0.394 e. The SMILES string of the molecule is CC(NC1(CO)CCCC1)C(=O)N1CCCCCC1. The molecule has 1 saturated carbocycles. The standard InChI is InChI=1S/C15H28N2O2/c1-13(16-15(12-18)8-4-5-9-15)14(19)17-10-6-2-3-7-11-17/h13,16,18H,2-12H2,1H3. The van der Waals surface area contributed by atoms with Crippen LogP contribution in [0, 0.1) is 0 Å². The lowest BCUT2D eigenvalue weighted by Crippen LogP contribution is -2.55. The molecule has 1 amide bonds. The third-order valence-corrected chi connectivity index (χ3v) is 4.67. The second-order valence-corrected chi connectivity index (χ2v) is 6.25. The average Bonchev–Trinajstić information content (AvgIpc) is 2.72. The van der Waals surface area contributed by atoms with Gasteiger partial charge < -0.3 is 10.0 Å². The van der Waals surface area contributed by atoms with E-state index in [4.69, 9.17) is 0 Å². The number of hydrogen-bond acceptors (Lipinski definition) is 3. The summed E-state index contributed by atoms with van der Waals surface area (Å²) in [6.45, 7) is 3.89. The Morgan fingerprint density at radius 3 is 2.26 bits per heavy atom.